The molecule has 0 aliphatic rings. The largest absolute Gasteiger partial charge is 0.507 e. The van der Waals surface area contributed by atoms with Gasteiger partial charge in [-0.15, -0.1) is 0 Å². The zero-order valence-corrected chi connectivity index (χ0v) is 10.7. The summed E-state index contributed by atoms with van der Waals surface area (Å²) in [5.41, 5.74) is -0.0136. The Labute approximate surface area is 110 Å². The Morgan fingerprint density at radius 3 is 2.47 bits per heavy atom. The lowest BCUT2D eigenvalue weighted by atomic mass is 10.2. The molecule has 0 fully saturated rings. The molecule has 0 aromatic heterocycles. The number of phenols is 1. The molecule has 7 heteroatoms. The van der Waals surface area contributed by atoms with Gasteiger partial charge in [-0.25, -0.2) is 9.18 Å². The summed E-state index contributed by atoms with van der Waals surface area (Å²) in [4.78, 5) is 24.2. The molecule has 0 saturated carbocycles. The summed E-state index contributed by atoms with van der Waals surface area (Å²) in [5.74, 6) is -1.57. The summed E-state index contributed by atoms with van der Waals surface area (Å²) in [6.07, 6.45) is 0. The number of urea groups is 1. The second kappa shape index (κ2) is 6.58. The van der Waals surface area contributed by atoms with Crippen molar-refractivity contribution in [1.82, 2.24) is 15.5 Å². The number of halogens is 1. The molecule has 104 valence electrons. The Kier molecular flexibility index (Phi) is 5.11. The first kappa shape index (κ1) is 14.7. The molecule has 3 amide bonds. The molecule has 0 saturated heterocycles. The van der Waals surface area contributed by atoms with Gasteiger partial charge in [-0.05, 0) is 12.1 Å². The summed E-state index contributed by atoms with van der Waals surface area (Å²) in [7, 11) is 3.20. The van der Waals surface area contributed by atoms with Crippen molar-refractivity contribution in [2.24, 2.45) is 0 Å². The van der Waals surface area contributed by atoms with Gasteiger partial charge in [0.1, 0.15) is 11.6 Å². The lowest BCUT2D eigenvalue weighted by Crippen LogP contribution is -2.39. The van der Waals surface area contributed by atoms with Crippen LogP contribution >= 0.6 is 0 Å². The third-order valence-electron chi connectivity index (χ3n) is 2.30. The van der Waals surface area contributed by atoms with Gasteiger partial charge in [-0.3, -0.25) is 4.79 Å². The van der Waals surface area contributed by atoms with Gasteiger partial charge in [0.05, 0.1) is 5.56 Å². The van der Waals surface area contributed by atoms with Gasteiger partial charge in [0, 0.05) is 33.3 Å². The lowest BCUT2D eigenvalue weighted by molar-refractivity contribution is 0.0951. The van der Waals surface area contributed by atoms with Gasteiger partial charge in [0.25, 0.3) is 5.91 Å². The number of nitrogens with zero attached hydrogens (tertiary/aromatic N) is 1. The van der Waals surface area contributed by atoms with E-state index in [9.17, 15) is 19.1 Å². The fourth-order valence-electron chi connectivity index (χ4n) is 1.30. The van der Waals surface area contributed by atoms with Crippen LogP contribution in [0.5, 0.6) is 5.75 Å². The van der Waals surface area contributed by atoms with Gasteiger partial charge >= 0.3 is 6.03 Å². The van der Waals surface area contributed by atoms with E-state index in [1.54, 1.807) is 14.1 Å². The van der Waals surface area contributed by atoms with Crippen LogP contribution in [0.4, 0.5) is 9.18 Å². The summed E-state index contributed by atoms with van der Waals surface area (Å²) >= 11 is 0. The molecule has 3 N–H and O–H groups in total. The van der Waals surface area contributed by atoms with Crippen LogP contribution in [-0.2, 0) is 0 Å². The molecule has 1 aromatic rings. The molecular weight excluding hydrogens is 253 g/mol. The van der Waals surface area contributed by atoms with E-state index in [0.717, 1.165) is 12.1 Å². The highest BCUT2D eigenvalue weighted by Gasteiger charge is 2.11. The van der Waals surface area contributed by atoms with E-state index < -0.39 is 17.5 Å². The van der Waals surface area contributed by atoms with Crippen LogP contribution in [0.25, 0.3) is 0 Å². The minimum Gasteiger partial charge on any atom is -0.507 e. The quantitative estimate of drug-likeness (QED) is 0.697. The predicted molar refractivity (Wildman–Crippen MR) is 67.5 cm³/mol. The summed E-state index contributed by atoms with van der Waals surface area (Å²) in [6, 6.07) is 2.88. The van der Waals surface area contributed by atoms with Crippen LogP contribution in [0.15, 0.2) is 18.2 Å². The fraction of sp³-hybridized carbons (Fsp3) is 0.333. The van der Waals surface area contributed by atoms with Gasteiger partial charge in [-0.1, -0.05) is 0 Å². The van der Waals surface area contributed by atoms with Crippen molar-refractivity contribution in [2.75, 3.05) is 27.2 Å². The molecule has 1 rings (SSSR count). The van der Waals surface area contributed by atoms with Crippen molar-refractivity contribution in [1.29, 1.82) is 0 Å². The number of carbonyl (C=O) groups excluding carboxylic acids is 2. The van der Waals surface area contributed by atoms with E-state index in [2.05, 4.69) is 10.6 Å². The second-order valence-corrected chi connectivity index (χ2v) is 4.04. The SMILES string of the molecule is CN(C)C(=O)NCCNC(=O)c1ccc(F)cc1O. The second-order valence-electron chi connectivity index (χ2n) is 4.04. The van der Waals surface area contributed by atoms with E-state index in [4.69, 9.17) is 0 Å². The highest BCUT2D eigenvalue weighted by atomic mass is 19.1. The Hall–Kier alpha value is -2.31. The van der Waals surface area contributed by atoms with E-state index in [1.165, 1.54) is 11.0 Å². The van der Waals surface area contributed by atoms with Crippen LogP contribution in [0.1, 0.15) is 10.4 Å². The predicted octanol–water partition coefficient (Wildman–Crippen LogP) is 0.532. The molecule has 0 radical (unpaired) electrons. The van der Waals surface area contributed by atoms with Crippen LogP contribution in [0.3, 0.4) is 0 Å². The fourth-order valence-corrected chi connectivity index (χ4v) is 1.30. The van der Waals surface area contributed by atoms with Crippen molar-refractivity contribution >= 4 is 11.9 Å². The van der Waals surface area contributed by atoms with Crippen LogP contribution in [0, 0.1) is 5.82 Å². The third kappa shape index (κ3) is 4.46. The number of amides is 3. The van der Waals surface area contributed by atoms with Crippen molar-refractivity contribution in [3.05, 3.63) is 29.6 Å². The zero-order valence-electron chi connectivity index (χ0n) is 10.7. The zero-order chi connectivity index (χ0) is 14.4. The smallest absolute Gasteiger partial charge is 0.316 e. The number of aromatic hydroxyl groups is 1. The lowest BCUT2D eigenvalue weighted by Gasteiger charge is -2.12. The standard InChI is InChI=1S/C12H16FN3O3/c1-16(2)12(19)15-6-5-14-11(18)9-4-3-8(13)7-10(9)17/h3-4,7,17H,5-6H2,1-2H3,(H,14,18)(H,15,19). The number of phenolic OH excluding ortho intramolecular Hbond substituents is 1. The molecule has 1 aromatic carbocycles. The number of carbonyl (C=O) groups is 2. The van der Waals surface area contributed by atoms with Crippen molar-refractivity contribution in [3.63, 3.8) is 0 Å². The maximum atomic E-state index is 12.7. The summed E-state index contributed by atoms with van der Waals surface area (Å²) in [5, 5.41) is 14.5. The van der Waals surface area contributed by atoms with Crippen molar-refractivity contribution in [3.8, 4) is 5.75 Å². The van der Waals surface area contributed by atoms with E-state index in [0.29, 0.717) is 0 Å². The van der Waals surface area contributed by atoms with Crippen molar-refractivity contribution < 1.29 is 19.1 Å². The highest BCUT2D eigenvalue weighted by Crippen LogP contribution is 2.17. The Morgan fingerprint density at radius 1 is 1.26 bits per heavy atom. The molecule has 6 nitrogen and oxygen atoms in total. The average molecular weight is 269 g/mol. The monoisotopic (exact) mass is 269 g/mol. The summed E-state index contributed by atoms with van der Waals surface area (Å²) in [6.45, 7) is 0.458. The van der Waals surface area contributed by atoms with Crippen LogP contribution in [0.2, 0.25) is 0 Å². The number of hydrogen-bond donors (Lipinski definition) is 3. The number of hydrogen-bond acceptors (Lipinski definition) is 3. The topological polar surface area (TPSA) is 81.7 Å². The first-order valence-electron chi connectivity index (χ1n) is 5.63. The molecule has 0 bridgehead atoms. The molecule has 0 aliphatic carbocycles. The minimum atomic E-state index is -0.618. The van der Waals surface area contributed by atoms with Crippen molar-refractivity contribution in [2.45, 2.75) is 0 Å². The third-order valence-corrected chi connectivity index (χ3v) is 2.30. The normalized spacial score (nSPS) is 9.84. The van der Waals surface area contributed by atoms with Crippen LogP contribution < -0.4 is 10.6 Å². The summed E-state index contributed by atoms with van der Waals surface area (Å²) < 4.78 is 12.7. The van der Waals surface area contributed by atoms with Gasteiger partial charge < -0.3 is 20.6 Å². The first-order valence-corrected chi connectivity index (χ1v) is 5.63. The minimum absolute atomic E-state index is 0.0136. The maximum absolute atomic E-state index is 12.7. The molecule has 0 unspecified atom stereocenters. The van der Waals surface area contributed by atoms with Gasteiger partial charge in [0.15, 0.2) is 0 Å². The first-order chi connectivity index (χ1) is 8.91. The molecule has 19 heavy (non-hydrogen) atoms. The highest BCUT2D eigenvalue weighted by molar-refractivity contribution is 5.96. The average Bonchev–Trinajstić information content (AvgIpc) is 2.33. The molecule has 0 aliphatic heterocycles. The van der Waals surface area contributed by atoms with E-state index >= 15 is 0 Å². The maximum Gasteiger partial charge on any atom is 0.316 e. The molecular formula is C12H16FN3O3. The number of benzene rings is 1. The Bertz CT molecular complexity index is 477. The van der Waals surface area contributed by atoms with Gasteiger partial charge in [-0.2, -0.15) is 0 Å². The number of nitrogens with one attached hydrogen (secondary N) is 2. The molecule has 0 heterocycles. The Morgan fingerprint density at radius 2 is 1.89 bits per heavy atom. The number of rotatable bonds is 4. The molecule has 0 atom stereocenters. The van der Waals surface area contributed by atoms with Gasteiger partial charge in [0.2, 0.25) is 0 Å². The Balaban J connectivity index is 2.41. The molecule has 0 spiro atoms. The van der Waals surface area contributed by atoms with E-state index in [1.807, 2.05) is 0 Å². The van der Waals surface area contributed by atoms with E-state index in [-0.39, 0.29) is 24.7 Å². The van der Waals surface area contributed by atoms with Crippen LogP contribution in [-0.4, -0.2) is 49.1 Å².